The van der Waals surface area contributed by atoms with Crippen molar-refractivity contribution in [2.45, 2.75) is 19.8 Å². The Morgan fingerprint density at radius 3 is 2.88 bits per heavy atom. The number of halogens is 1. The minimum absolute atomic E-state index is 0.110. The fourth-order valence-corrected chi connectivity index (χ4v) is 1.30. The highest BCUT2D eigenvalue weighted by molar-refractivity contribution is 5.85. The monoisotopic (exact) mass is 240 g/mol. The third-order valence-electron chi connectivity index (χ3n) is 2.25. The van der Waals surface area contributed by atoms with Gasteiger partial charge in [-0.3, -0.25) is 5.32 Å². The smallest absolute Gasteiger partial charge is 0.411 e. The summed E-state index contributed by atoms with van der Waals surface area (Å²) < 4.78 is 17.8. The van der Waals surface area contributed by atoms with Gasteiger partial charge in [0, 0.05) is 12.2 Å². The molecule has 0 aromatic heterocycles. The molecule has 0 fully saturated rings. The molecule has 0 bridgehead atoms. The first-order chi connectivity index (χ1) is 8.17. The van der Waals surface area contributed by atoms with Crippen LogP contribution in [0.3, 0.4) is 0 Å². The predicted octanol–water partition coefficient (Wildman–Crippen LogP) is 3.22. The number of carbonyl (C=O) groups is 1. The van der Waals surface area contributed by atoms with E-state index in [9.17, 15) is 9.18 Å². The van der Waals surface area contributed by atoms with Crippen molar-refractivity contribution in [3.8, 4) is 0 Å². The topological polar surface area (TPSA) is 50.4 Å². The first-order valence-corrected chi connectivity index (χ1v) is 5.55. The Balaban J connectivity index is 2.68. The van der Waals surface area contributed by atoms with E-state index >= 15 is 0 Å². The van der Waals surface area contributed by atoms with Gasteiger partial charge in [0.25, 0.3) is 0 Å². The van der Waals surface area contributed by atoms with E-state index in [1.54, 1.807) is 12.1 Å². The highest BCUT2D eigenvalue weighted by Crippen LogP contribution is 2.19. The van der Waals surface area contributed by atoms with Crippen LogP contribution < -0.4 is 10.6 Å². The summed E-state index contributed by atoms with van der Waals surface area (Å²) in [6.45, 7) is 2.91. The van der Waals surface area contributed by atoms with Gasteiger partial charge in [-0.2, -0.15) is 0 Å². The van der Waals surface area contributed by atoms with E-state index in [0.29, 0.717) is 0 Å². The molecule has 0 heterocycles. The fraction of sp³-hybridized carbons (Fsp3) is 0.417. The second-order valence-corrected chi connectivity index (χ2v) is 3.59. The number of anilines is 2. The molecule has 1 aromatic carbocycles. The number of benzene rings is 1. The molecular formula is C12H17FN2O2. The summed E-state index contributed by atoms with van der Waals surface area (Å²) in [7, 11) is 1.23. The van der Waals surface area contributed by atoms with Gasteiger partial charge in [0.15, 0.2) is 0 Å². The van der Waals surface area contributed by atoms with Crippen molar-refractivity contribution in [1.29, 1.82) is 0 Å². The first kappa shape index (κ1) is 13.3. The van der Waals surface area contributed by atoms with Gasteiger partial charge in [0.1, 0.15) is 5.82 Å². The minimum Gasteiger partial charge on any atom is -0.453 e. The Morgan fingerprint density at radius 2 is 2.24 bits per heavy atom. The SMILES string of the molecule is CCCCNc1ccc(F)c(NC(=O)OC)c1. The third kappa shape index (κ3) is 4.30. The van der Waals surface area contributed by atoms with Gasteiger partial charge in [-0.15, -0.1) is 0 Å². The number of carbonyl (C=O) groups excluding carboxylic acids is 1. The van der Waals surface area contributed by atoms with Crippen LogP contribution in [0, 0.1) is 5.82 Å². The van der Waals surface area contributed by atoms with E-state index in [2.05, 4.69) is 22.3 Å². The molecule has 0 aliphatic carbocycles. The van der Waals surface area contributed by atoms with Crippen molar-refractivity contribution in [2.75, 3.05) is 24.3 Å². The summed E-state index contributed by atoms with van der Waals surface area (Å²) in [6, 6.07) is 4.48. The van der Waals surface area contributed by atoms with Crippen LogP contribution in [0.4, 0.5) is 20.6 Å². The zero-order valence-electron chi connectivity index (χ0n) is 10.0. The van der Waals surface area contributed by atoms with Crippen molar-refractivity contribution in [1.82, 2.24) is 0 Å². The van der Waals surface area contributed by atoms with Crippen molar-refractivity contribution in [3.63, 3.8) is 0 Å². The second kappa shape index (κ2) is 6.73. The Morgan fingerprint density at radius 1 is 1.47 bits per heavy atom. The number of hydrogen-bond donors (Lipinski definition) is 2. The highest BCUT2D eigenvalue weighted by atomic mass is 19.1. The van der Waals surface area contributed by atoms with E-state index in [1.807, 2.05) is 0 Å². The van der Waals surface area contributed by atoms with Crippen LogP contribution in [0.15, 0.2) is 18.2 Å². The molecule has 1 rings (SSSR count). The number of ether oxygens (including phenoxy) is 1. The fourth-order valence-electron chi connectivity index (χ4n) is 1.30. The highest BCUT2D eigenvalue weighted by Gasteiger charge is 2.07. The molecule has 0 radical (unpaired) electrons. The molecule has 0 aliphatic rings. The maximum atomic E-state index is 13.4. The van der Waals surface area contributed by atoms with Crippen LogP contribution in [0.5, 0.6) is 0 Å². The van der Waals surface area contributed by atoms with Crippen molar-refractivity contribution in [2.24, 2.45) is 0 Å². The number of nitrogens with one attached hydrogen (secondary N) is 2. The lowest BCUT2D eigenvalue weighted by Crippen LogP contribution is -2.12. The van der Waals surface area contributed by atoms with Crippen LogP contribution in [0.25, 0.3) is 0 Å². The second-order valence-electron chi connectivity index (χ2n) is 3.59. The average Bonchev–Trinajstić information content (AvgIpc) is 2.33. The van der Waals surface area contributed by atoms with Crippen LogP contribution in [0.2, 0.25) is 0 Å². The zero-order chi connectivity index (χ0) is 12.7. The summed E-state index contributed by atoms with van der Waals surface area (Å²) in [6.07, 6.45) is 1.44. The normalized spacial score (nSPS) is 9.82. The number of hydrogen-bond acceptors (Lipinski definition) is 3. The molecule has 1 aromatic rings. The lowest BCUT2D eigenvalue weighted by molar-refractivity contribution is 0.187. The maximum Gasteiger partial charge on any atom is 0.411 e. The molecule has 0 saturated heterocycles. The molecule has 94 valence electrons. The van der Waals surface area contributed by atoms with E-state index in [1.165, 1.54) is 13.2 Å². The standard InChI is InChI=1S/C12H17FN2O2/c1-3-4-7-14-9-5-6-10(13)11(8-9)15-12(16)17-2/h5-6,8,14H,3-4,7H2,1-2H3,(H,15,16). The molecular weight excluding hydrogens is 223 g/mol. The Kier molecular flexibility index (Phi) is 5.26. The Bertz CT molecular complexity index is 383. The Labute approximate surface area is 100 Å². The van der Waals surface area contributed by atoms with Gasteiger partial charge in [-0.05, 0) is 24.6 Å². The maximum absolute atomic E-state index is 13.4. The molecule has 4 nitrogen and oxygen atoms in total. The van der Waals surface area contributed by atoms with Gasteiger partial charge in [-0.25, -0.2) is 9.18 Å². The van der Waals surface area contributed by atoms with E-state index in [0.717, 1.165) is 25.1 Å². The number of amides is 1. The summed E-state index contributed by atoms with van der Waals surface area (Å²) in [5.74, 6) is -0.489. The molecule has 0 spiro atoms. The lowest BCUT2D eigenvalue weighted by atomic mass is 10.2. The van der Waals surface area contributed by atoms with Crippen LogP contribution in [-0.2, 0) is 4.74 Å². The first-order valence-electron chi connectivity index (χ1n) is 5.55. The summed E-state index contributed by atoms with van der Waals surface area (Å²) in [5.41, 5.74) is 0.879. The van der Waals surface area contributed by atoms with Gasteiger partial charge in [0.05, 0.1) is 12.8 Å². The molecule has 0 saturated carbocycles. The Hall–Kier alpha value is -1.78. The number of methoxy groups -OCH3 is 1. The van der Waals surface area contributed by atoms with Crippen LogP contribution in [0.1, 0.15) is 19.8 Å². The summed E-state index contributed by atoms with van der Waals surface area (Å²) in [5, 5.41) is 5.46. The molecule has 2 N–H and O–H groups in total. The van der Waals surface area contributed by atoms with Crippen molar-refractivity contribution < 1.29 is 13.9 Å². The van der Waals surface area contributed by atoms with Gasteiger partial charge < -0.3 is 10.1 Å². The van der Waals surface area contributed by atoms with Crippen LogP contribution >= 0.6 is 0 Å². The minimum atomic E-state index is -0.686. The van der Waals surface area contributed by atoms with Gasteiger partial charge in [0.2, 0.25) is 0 Å². The van der Waals surface area contributed by atoms with Crippen LogP contribution in [-0.4, -0.2) is 19.7 Å². The quantitative estimate of drug-likeness (QED) is 0.777. The van der Waals surface area contributed by atoms with E-state index in [-0.39, 0.29) is 5.69 Å². The van der Waals surface area contributed by atoms with Crippen molar-refractivity contribution >= 4 is 17.5 Å². The van der Waals surface area contributed by atoms with Crippen molar-refractivity contribution in [3.05, 3.63) is 24.0 Å². The molecule has 0 atom stereocenters. The zero-order valence-corrected chi connectivity index (χ0v) is 10.0. The number of unbranched alkanes of at least 4 members (excludes halogenated alkanes) is 1. The molecule has 5 heteroatoms. The number of rotatable bonds is 5. The average molecular weight is 240 g/mol. The van der Waals surface area contributed by atoms with E-state index in [4.69, 9.17) is 0 Å². The molecule has 17 heavy (non-hydrogen) atoms. The molecule has 0 aliphatic heterocycles. The van der Waals surface area contributed by atoms with Gasteiger partial charge >= 0.3 is 6.09 Å². The summed E-state index contributed by atoms with van der Waals surface area (Å²) in [4.78, 5) is 11.0. The molecule has 0 unspecified atom stereocenters. The van der Waals surface area contributed by atoms with Gasteiger partial charge in [-0.1, -0.05) is 13.3 Å². The third-order valence-corrected chi connectivity index (χ3v) is 2.25. The largest absolute Gasteiger partial charge is 0.453 e. The lowest BCUT2D eigenvalue weighted by Gasteiger charge is -2.09. The molecule has 1 amide bonds. The van der Waals surface area contributed by atoms with E-state index < -0.39 is 11.9 Å². The summed E-state index contributed by atoms with van der Waals surface area (Å²) >= 11 is 0. The predicted molar refractivity (Wildman–Crippen MR) is 65.8 cm³/mol.